The van der Waals surface area contributed by atoms with Crippen molar-refractivity contribution in [2.45, 2.75) is 58.8 Å². The van der Waals surface area contributed by atoms with Gasteiger partial charge in [0.15, 0.2) is 0 Å². The molecule has 0 nitrogen and oxygen atoms in total. The van der Waals surface area contributed by atoms with Crippen LogP contribution in [0.2, 0.25) is 0 Å². The lowest BCUT2D eigenvalue weighted by Crippen LogP contribution is -2.31. The second-order valence-electron chi connectivity index (χ2n) is 7.51. The molecule has 0 bridgehead atoms. The second-order valence-corrected chi connectivity index (χ2v) is 7.51. The van der Waals surface area contributed by atoms with Gasteiger partial charge in [-0.2, -0.15) is 0 Å². The monoisotopic (exact) mass is 218 g/mol. The van der Waals surface area contributed by atoms with Gasteiger partial charge in [0.1, 0.15) is 0 Å². The zero-order chi connectivity index (χ0) is 10.9. The van der Waals surface area contributed by atoms with Crippen molar-refractivity contribution >= 4 is 0 Å². The summed E-state index contributed by atoms with van der Waals surface area (Å²) in [6, 6.07) is 0. The Hall–Kier alpha value is 0. The molecule has 0 aromatic heterocycles. The third-order valence-corrected chi connectivity index (χ3v) is 7.30. The molecule has 0 aromatic rings. The molecule has 0 heterocycles. The Balaban J connectivity index is 1.75. The molecule has 4 fully saturated rings. The highest BCUT2D eigenvalue weighted by Gasteiger charge is 2.66. The molecule has 4 aliphatic rings. The topological polar surface area (TPSA) is 0 Å². The van der Waals surface area contributed by atoms with E-state index in [-0.39, 0.29) is 0 Å². The minimum Gasteiger partial charge on any atom is -0.0651 e. The first-order valence-electron chi connectivity index (χ1n) is 7.75. The minimum absolute atomic E-state index is 0.785. The van der Waals surface area contributed by atoms with Crippen molar-refractivity contribution < 1.29 is 0 Å². The van der Waals surface area contributed by atoms with Crippen LogP contribution in [0.25, 0.3) is 0 Å². The Bertz CT molecular complexity index is 307. The molecular formula is C16H26. The van der Waals surface area contributed by atoms with E-state index < -0.39 is 0 Å². The van der Waals surface area contributed by atoms with Crippen molar-refractivity contribution in [3.05, 3.63) is 0 Å². The van der Waals surface area contributed by atoms with E-state index in [1.165, 1.54) is 12.3 Å². The maximum absolute atomic E-state index is 2.69. The number of hydrogen-bond donors (Lipinski definition) is 0. The van der Waals surface area contributed by atoms with Gasteiger partial charge < -0.3 is 0 Å². The Morgan fingerprint density at radius 3 is 2.62 bits per heavy atom. The lowest BCUT2D eigenvalue weighted by atomic mass is 9.67. The van der Waals surface area contributed by atoms with Gasteiger partial charge in [-0.25, -0.2) is 0 Å². The molecular weight excluding hydrogens is 192 g/mol. The van der Waals surface area contributed by atoms with Gasteiger partial charge in [-0.15, -0.1) is 0 Å². The SMILES string of the molecule is CC[C@@H]1[C@@H]2CCC[C@@H]2[C@]2(C)C[C@H]3CCC3[C@H]12. The summed E-state index contributed by atoms with van der Waals surface area (Å²) in [7, 11) is 0. The summed E-state index contributed by atoms with van der Waals surface area (Å²) in [4.78, 5) is 0. The van der Waals surface area contributed by atoms with Crippen molar-refractivity contribution in [3.8, 4) is 0 Å². The van der Waals surface area contributed by atoms with Crippen LogP contribution >= 0.6 is 0 Å². The van der Waals surface area contributed by atoms with Gasteiger partial charge in [-0.3, -0.25) is 0 Å². The van der Waals surface area contributed by atoms with Crippen molar-refractivity contribution in [1.82, 2.24) is 0 Å². The fourth-order valence-electron chi connectivity index (χ4n) is 6.86. The highest BCUT2D eigenvalue weighted by Crippen LogP contribution is 2.73. The molecule has 16 heavy (non-hydrogen) atoms. The first-order chi connectivity index (χ1) is 7.75. The maximum Gasteiger partial charge on any atom is -0.0258 e. The molecule has 0 radical (unpaired) electrons. The van der Waals surface area contributed by atoms with Gasteiger partial charge in [0.2, 0.25) is 0 Å². The predicted molar refractivity (Wildman–Crippen MR) is 67.0 cm³/mol. The molecule has 4 aliphatic carbocycles. The molecule has 0 aromatic carbocycles. The highest BCUT2D eigenvalue weighted by molar-refractivity contribution is 5.14. The van der Waals surface area contributed by atoms with Crippen molar-refractivity contribution in [1.29, 1.82) is 0 Å². The average Bonchev–Trinajstić information content (AvgIpc) is 2.83. The van der Waals surface area contributed by atoms with Crippen LogP contribution in [0.15, 0.2) is 0 Å². The Kier molecular flexibility index (Phi) is 1.91. The summed E-state index contributed by atoms with van der Waals surface area (Å²) in [5, 5.41) is 0. The van der Waals surface area contributed by atoms with E-state index in [9.17, 15) is 0 Å². The van der Waals surface area contributed by atoms with Crippen LogP contribution in [0.5, 0.6) is 0 Å². The van der Waals surface area contributed by atoms with Crippen molar-refractivity contribution in [2.24, 2.45) is 40.9 Å². The Labute approximate surface area is 100 Å². The maximum atomic E-state index is 2.69. The molecule has 0 N–H and O–H groups in total. The van der Waals surface area contributed by atoms with E-state index >= 15 is 0 Å². The number of fused-ring (bicyclic) bond motifs is 5. The summed E-state index contributed by atoms with van der Waals surface area (Å²) in [6.07, 6.45) is 10.9. The van der Waals surface area contributed by atoms with Crippen LogP contribution in [-0.2, 0) is 0 Å². The Morgan fingerprint density at radius 2 is 1.94 bits per heavy atom. The molecule has 4 rings (SSSR count). The van der Waals surface area contributed by atoms with Crippen LogP contribution in [-0.4, -0.2) is 0 Å². The molecule has 0 heteroatoms. The van der Waals surface area contributed by atoms with Gasteiger partial charge in [-0.05, 0) is 73.0 Å². The zero-order valence-corrected chi connectivity index (χ0v) is 10.9. The third-order valence-electron chi connectivity index (χ3n) is 7.30. The van der Waals surface area contributed by atoms with E-state index in [0.717, 1.165) is 35.0 Å². The molecule has 0 saturated heterocycles. The van der Waals surface area contributed by atoms with E-state index in [1.54, 1.807) is 38.5 Å². The normalized spacial score (nSPS) is 62.6. The van der Waals surface area contributed by atoms with Gasteiger partial charge in [-0.1, -0.05) is 26.7 Å². The molecule has 4 saturated carbocycles. The minimum atomic E-state index is 0.785. The first kappa shape index (κ1) is 9.97. The standard InChI is InChI=1S/C16H26/c1-3-11-13-5-4-6-14(13)16(2)9-10-7-8-12(10)15(11)16/h10-15H,3-9H2,1-2H3/t10-,11-,12?,13+,14+,15+,16+/m1/s1. The fraction of sp³-hybridized carbons (Fsp3) is 1.00. The molecule has 90 valence electrons. The largest absolute Gasteiger partial charge is 0.0651 e. The molecule has 0 amide bonds. The van der Waals surface area contributed by atoms with Gasteiger partial charge >= 0.3 is 0 Å². The highest BCUT2D eigenvalue weighted by atomic mass is 14.7. The number of rotatable bonds is 1. The van der Waals surface area contributed by atoms with Crippen molar-refractivity contribution in [3.63, 3.8) is 0 Å². The molecule has 1 unspecified atom stereocenters. The van der Waals surface area contributed by atoms with E-state index in [0.29, 0.717) is 0 Å². The smallest absolute Gasteiger partial charge is 0.0258 e. The summed E-state index contributed by atoms with van der Waals surface area (Å²) >= 11 is 0. The molecule has 0 aliphatic heterocycles. The lowest BCUT2D eigenvalue weighted by Gasteiger charge is -2.38. The van der Waals surface area contributed by atoms with Crippen LogP contribution in [0.1, 0.15) is 58.8 Å². The van der Waals surface area contributed by atoms with E-state index in [1.807, 2.05) is 0 Å². The zero-order valence-electron chi connectivity index (χ0n) is 10.9. The van der Waals surface area contributed by atoms with Gasteiger partial charge in [0.25, 0.3) is 0 Å². The summed E-state index contributed by atoms with van der Waals surface area (Å²) in [6.45, 7) is 5.16. The third kappa shape index (κ3) is 0.946. The lowest BCUT2D eigenvalue weighted by molar-refractivity contribution is 0.108. The van der Waals surface area contributed by atoms with Gasteiger partial charge in [0, 0.05) is 0 Å². The summed E-state index contributed by atoms with van der Waals surface area (Å²) in [5.41, 5.74) is 0.785. The number of hydrogen-bond acceptors (Lipinski definition) is 0. The van der Waals surface area contributed by atoms with E-state index in [2.05, 4.69) is 13.8 Å². The summed E-state index contributed by atoms with van der Waals surface area (Å²) < 4.78 is 0. The van der Waals surface area contributed by atoms with Crippen molar-refractivity contribution in [2.75, 3.05) is 0 Å². The van der Waals surface area contributed by atoms with Crippen LogP contribution in [0, 0.1) is 40.9 Å². The van der Waals surface area contributed by atoms with Crippen LogP contribution < -0.4 is 0 Å². The molecule has 7 atom stereocenters. The second kappa shape index (κ2) is 3.06. The fourth-order valence-corrected chi connectivity index (χ4v) is 6.86. The summed E-state index contributed by atoms with van der Waals surface area (Å²) in [5.74, 6) is 6.86. The van der Waals surface area contributed by atoms with Gasteiger partial charge in [0.05, 0.1) is 0 Å². The quantitative estimate of drug-likeness (QED) is 0.608. The van der Waals surface area contributed by atoms with E-state index in [4.69, 9.17) is 0 Å². The van der Waals surface area contributed by atoms with Crippen LogP contribution in [0.3, 0.4) is 0 Å². The first-order valence-corrected chi connectivity index (χ1v) is 7.75. The molecule has 0 spiro atoms. The average molecular weight is 218 g/mol. The predicted octanol–water partition coefficient (Wildman–Crippen LogP) is 4.49. The Morgan fingerprint density at radius 1 is 1.06 bits per heavy atom. The van der Waals surface area contributed by atoms with Crippen LogP contribution in [0.4, 0.5) is 0 Å².